The van der Waals surface area contributed by atoms with Crippen molar-refractivity contribution in [2.45, 2.75) is 12.7 Å². The second-order valence-electron chi connectivity index (χ2n) is 4.28. The van der Waals surface area contributed by atoms with E-state index in [4.69, 9.17) is 5.73 Å². The molecule has 2 aromatic rings. The third kappa shape index (κ3) is 3.47. The lowest BCUT2D eigenvalue weighted by atomic mass is 10.1. The van der Waals surface area contributed by atoms with Crippen LogP contribution in [-0.4, -0.2) is 15.7 Å². The van der Waals surface area contributed by atoms with Crippen LogP contribution < -0.4 is 11.3 Å². The minimum atomic E-state index is -4.47. The van der Waals surface area contributed by atoms with Gasteiger partial charge in [-0.15, -0.1) is 0 Å². The largest absolute Gasteiger partial charge is 0.416 e. The molecule has 8 heteroatoms. The van der Waals surface area contributed by atoms with Crippen LogP contribution in [0.1, 0.15) is 21.6 Å². The van der Waals surface area contributed by atoms with Gasteiger partial charge in [-0.3, -0.25) is 9.59 Å². The molecule has 0 bridgehead atoms. The Kier molecular flexibility index (Phi) is 3.79. The summed E-state index contributed by atoms with van der Waals surface area (Å²) in [5, 5.41) is 3.71. The number of carbonyl (C=O) groups excluding carboxylic acids is 1. The molecule has 0 unspecified atom stereocenters. The van der Waals surface area contributed by atoms with Crippen LogP contribution in [-0.2, 0) is 12.7 Å². The number of benzene rings is 1. The molecule has 1 amide bonds. The number of hydrogen-bond donors (Lipinski definition) is 1. The molecular formula is C13H10F3N3O2. The number of primary amides is 1. The van der Waals surface area contributed by atoms with E-state index < -0.39 is 23.2 Å². The smallest absolute Gasteiger partial charge is 0.364 e. The maximum Gasteiger partial charge on any atom is 0.416 e. The van der Waals surface area contributed by atoms with Crippen molar-refractivity contribution in [1.29, 1.82) is 0 Å². The highest BCUT2D eigenvalue weighted by Gasteiger charge is 2.30. The first-order chi connectivity index (χ1) is 9.77. The van der Waals surface area contributed by atoms with Crippen molar-refractivity contribution in [1.82, 2.24) is 9.78 Å². The molecule has 0 radical (unpaired) electrons. The zero-order chi connectivity index (χ0) is 15.6. The molecule has 0 aliphatic carbocycles. The first-order valence-corrected chi connectivity index (χ1v) is 5.81. The maximum atomic E-state index is 12.6. The average Bonchev–Trinajstić information content (AvgIpc) is 2.40. The van der Waals surface area contributed by atoms with E-state index in [9.17, 15) is 22.8 Å². The number of nitrogens with two attached hydrogens (primary N) is 1. The lowest BCUT2D eigenvalue weighted by Crippen LogP contribution is -2.26. The van der Waals surface area contributed by atoms with Gasteiger partial charge in [0, 0.05) is 6.07 Å². The van der Waals surface area contributed by atoms with Crippen LogP contribution in [0, 0.1) is 0 Å². The maximum absolute atomic E-state index is 12.6. The van der Waals surface area contributed by atoms with Crippen molar-refractivity contribution in [2.75, 3.05) is 0 Å². The molecule has 0 aliphatic rings. The highest BCUT2D eigenvalue weighted by molar-refractivity contribution is 5.90. The molecule has 0 fully saturated rings. The monoisotopic (exact) mass is 297 g/mol. The molecule has 5 nitrogen and oxygen atoms in total. The van der Waals surface area contributed by atoms with Crippen LogP contribution in [0.15, 0.2) is 41.2 Å². The standard InChI is InChI=1S/C13H10F3N3O2/c14-13(15,16)9-3-1-2-8(6-9)7-19-11(20)5-4-10(18-19)12(17)21/h1-6H,7H2,(H2,17,21). The number of rotatable bonds is 3. The van der Waals surface area contributed by atoms with E-state index in [1.54, 1.807) is 0 Å². The van der Waals surface area contributed by atoms with Crippen LogP contribution in [0.2, 0.25) is 0 Å². The second-order valence-corrected chi connectivity index (χ2v) is 4.28. The lowest BCUT2D eigenvalue weighted by Gasteiger charge is -2.09. The lowest BCUT2D eigenvalue weighted by molar-refractivity contribution is -0.137. The van der Waals surface area contributed by atoms with Gasteiger partial charge in [0.25, 0.3) is 11.5 Å². The van der Waals surface area contributed by atoms with E-state index in [0.29, 0.717) is 0 Å². The average molecular weight is 297 g/mol. The van der Waals surface area contributed by atoms with Crippen molar-refractivity contribution in [3.63, 3.8) is 0 Å². The minimum Gasteiger partial charge on any atom is -0.364 e. The fourth-order valence-electron chi connectivity index (χ4n) is 1.71. The molecule has 0 aliphatic heterocycles. The number of amides is 1. The van der Waals surface area contributed by atoms with Gasteiger partial charge in [-0.25, -0.2) is 4.68 Å². The van der Waals surface area contributed by atoms with Crippen molar-refractivity contribution in [3.8, 4) is 0 Å². The Balaban J connectivity index is 2.36. The highest BCUT2D eigenvalue weighted by Crippen LogP contribution is 2.29. The van der Waals surface area contributed by atoms with Gasteiger partial charge in [0.2, 0.25) is 0 Å². The molecule has 1 aromatic carbocycles. The fraction of sp³-hybridized carbons (Fsp3) is 0.154. The predicted molar refractivity (Wildman–Crippen MR) is 67.6 cm³/mol. The summed E-state index contributed by atoms with van der Waals surface area (Å²) in [7, 11) is 0. The van der Waals surface area contributed by atoms with E-state index in [0.717, 1.165) is 28.9 Å². The fourth-order valence-corrected chi connectivity index (χ4v) is 1.71. The Morgan fingerprint density at radius 1 is 1.24 bits per heavy atom. The van der Waals surface area contributed by atoms with Crippen LogP contribution in [0.25, 0.3) is 0 Å². The Hall–Kier alpha value is -2.64. The minimum absolute atomic E-state index is 0.137. The van der Waals surface area contributed by atoms with E-state index in [-0.39, 0.29) is 17.8 Å². The summed E-state index contributed by atoms with van der Waals surface area (Å²) < 4.78 is 38.7. The third-order valence-corrected chi connectivity index (χ3v) is 2.71. The Morgan fingerprint density at radius 3 is 2.57 bits per heavy atom. The Morgan fingerprint density at radius 2 is 1.95 bits per heavy atom. The molecular weight excluding hydrogens is 287 g/mol. The van der Waals surface area contributed by atoms with E-state index >= 15 is 0 Å². The second kappa shape index (κ2) is 5.39. The van der Waals surface area contributed by atoms with Gasteiger partial charge in [0.15, 0.2) is 0 Å². The number of hydrogen-bond acceptors (Lipinski definition) is 3. The molecule has 0 saturated heterocycles. The summed E-state index contributed by atoms with van der Waals surface area (Å²) in [5.41, 5.74) is 3.78. The van der Waals surface area contributed by atoms with Gasteiger partial charge in [-0.2, -0.15) is 18.3 Å². The zero-order valence-corrected chi connectivity index (χ0v) is 10.6. The molecule has 2 N–H and O–H groups in total. The van der Waals surface area contributed by atoms with Crippen LogP contribution >= 0.6 is 0 Å². The highest BCUT2D eigenvalue weighted by atomic mass is 19.4. The van der Waals surface area contributed by atoms with E-state index in [2.05, 4.69) is 5.10 Å². The summed E-state index contributed by atoms with van der Waals surface area (Å²) in [6, 6.07) is 6.76. The quantitative estimate of drug-likeness (QED) is 0.930. The van der Waals surface area contributed by atoms with Gasteiger partial charge in [0.1, 0.15) is 5.69 Å². The molecule has 1 aromatic heterocycles. The van der Waals surface area contributed by atoms with Gasteiger partial charge in [-0.1, -0.05) is 12.1 Å². The van der Waals surface area contributed by atoms with Crippen molar-refractivity contribution >= 4 is 5.91 Å². The Labute approximate surface area is 116 Å². The molecule has 0 saturated carbocycles. The van der Waals surface area contributed by atoms with E-state index in [1.165, 1.54) is 12.1 Å². The summed E-state index contributed by atoms with van der Waals surface area (Å²) >= 11 is 0. The SMILES string of the molecule is NC(=O)c1ccc(=O)n(Cc2cccc(C(F)(F)F)c2)n1. The van der Waals surface area contributed by atoms with Gasteiger partial charge in [0.05, 0.1) is 12.1 Å². The summed E-state index contributed by atoms with van der Waals surface area (Å²) in [4.78, 5) is 22.6. The Bertz CT molecular complexity index is 738. The molecule has 21 heavy (non-hydrogen) atoms. The number of alkyl halides is 3. The van der Waals surface area contributed by atoms with Gasteiger partial charge < -0.3 is 5.73 Å². The molecule has 0 spiro atoms. The summed E-state index contributed by atoms with van der Waals surface area (Å²) in [6.45, 7) is -0.191. The first kappa shape index (κ1) is 14.8. The number of nitrogens with zero attached hydrogens (tertiary/aromatic N) is 2. The summed E-state index contributed by atoms with van der Waals surface area (Å²) in [6.07, 6.45) is -4.47. The number of carbonyl (C=O) groups is 1. The van der Waals surface area contributed by atoms with Crippen LogP contribution in [0.4, 0.5) is 13.2 Å². The molecule has 0 atom stereocenters. The molecule has 2 rings (SSSR count). The molecule has 110 valence electrons. The van der Waals surface area contributed by atoms with Crippen LogP contribution in [0.3, 0.4) is 0 Å². The number of halogens is 3. The zero-order valence-electron chi connectivity index (χ0n) is 10.6. The van der Waals surface area contributed by atoms with Crippen molar-refractivity contribution < 1.29 is 18.0 Å². The third-order valence-electron chi connectivity index (χ3n) is 2.71. The predicted octanol–water partition coefficient (Wildman–Crippen LogP) is 1.41. The topological polar surface area (TPSA) is 78.0 Å². The first-order valence-electron chi connectivity index (χ1n) is 5.81. The summed E-state index contributed by atoms with van der Waals surface area (Å²) in [5.74, 6) is -0.826. The molecule has 1 heterocycles. The van der Waals surface area contributed by atoms with Crippen LogP contribution in [0.5, 0.6) is 0 Å². The van der Waals surface area contributed by atoms with Gasteiger partial charge in [-0.05, 0) is 23.8 Å². The van der Waals surface area contributed by atoms with Gasteiger partial charge >= 0.3 is 6.18 Å². The van der Waals surface area contributed by atoms with Crippen molar-refractivity contribution in [2.24, 2.45) is 5.73 Å². The number of aromatic nitrogens is 2. The van der Waals surface area contributed by atoms with Crippen molar-refractivity contribution in [3.05, 3.63) is 63.6 Å². The normalized spacial score (nSPS) is 11.4. The van der Waals surface area contributed by atoms with E-state index in [1.807, 2.05) is 0 Å².